The third kappa shape index (κ3) is 5.52. The van der Waals surface area contributed by atoms with Crippen LogP contribution in [0.5, 0.6) is 0 Å². The first kappa shape index (κ1) is 22.1. The fourth-order valence-electron chi connectivity index (χ4n) is 3.01. The maximum atomic E-state index is 12.7. The van der Waals surface area contributed by atoms with Gasteiger partial charge in [0.25, 0.3) is 5.91 Å². The Balaban J connectivity index is 1.82. The summed E-state index contributed by atoms with van der Waals surface area (Å²) in [6.45, 7) is 8.55. The van der Waals surface area contributed by atoms with Crippen molar-refractivity contribution in [2.24, 2.45) is 5.92 Å². The Hall–Kier alpha value is -2.57. The average Bonchev–Trinajstić information content (AvgIpc) is 3.14. The number of benzene rings is 2. The number of thioether (sulfide) groups is 1. The third-order valence-electron chi connectivity index (χ3n) is 4.61. The summed E-state index contributed by atoms with van der Waals surface area (Å²) < 4.78 is 2.02. The number of hydrogen-bond acceptors (Lipinski definition) is 4. The predicted molar refractivity (Wildman–Crippen MR) is 123 cm³/mol. The van der Waals surface area contributed by atoms with Crippen molar-refractivity contribution < 1.29 is 4.79 Å². The average molecular weight is 441 g/mol. The van der Waals surface area contributed by atoms with E-state index < -0.39 is 0 Å². The number of carbonyl (C=O) groups excluding carboxylic acids is 1. The maximum absolute atomic E-state index is 12.7. The number of amides is 1. The number of nitrogens with one attached hydrogen (secondary N) is 1. The lowest BCUT2D eigenvalue weighted by Gasteiger charge is -2.22. The topological polar surface area (TPSA) is 59.8 Å². The van der Waals surface area contributed by atoms with Crippen LogP contribution in [0.4, 0.5) is 0 Å². The van der Waals surface area contributed by atoms with Gasteiger partial charge < -0.3 is 9.88 Å². The molecule has 0 spiro atoms. The zero-order valence-corrected chi connectivity index (χ0v) is 18.7. The van der Waals surface area contributed by atoms with Gasteiger partial charge in [0, 0.05) is 22.9 Å². The lowest BCUT2D eigenvalue weighted by atomic mass is 10.0. The van der Waals surface area contributed by atoms with E-state index in [1.165, 1.54) is 0 Å². The number of aromatic nitrogens is 3. The molecule has 0 saturated carbocycles. The number of nitrogens with zero attached hydrogens (tertiary/aromatic N) is 3. The lowest BCUT2D eigenvalue weighted by Crippen LogP contribution is -2.33. The van der Waals surface area contributed by atoms with E-state index in [0.717, 1.165) is 27.3 Å². The molecule has 1 aromatic heterocycles. The van der Waals surface area contributed by atoms with Gasteiger partial charge in [0.05, 0.1) is 6.04 Å². The molecule has 2 aromatic carbocycles. The van der Waals surface area contributed by atoms with Crippen LogP contribution in [0.1, 0.15) is 41.6 Å². The van der Waals surface area contributed by atoms with Crippen LogP contribution in [-0.4, -0.2) is 20.7 Å². The maximum Gasteiger partial charge on any atom is 0.251 e. The smallest absolute Gasteiger partial charge is 0.251 e. The highest BCUT2D eigenvalue weighted by molar-refractivity contribution is 7.98. The highest BCUT2D eigenvalue weighted by Crippen LogP contribution is 2.27. The van der Waals surface area contributed by atoms with Gasteiger partial charge in [-0.05, 0) is 35.7 Å². The van der Waals surface area contributed by atoms with Crippen molar-refractivity contribution in [2.45, 2.75) is 37.3 Å². The van der Waals surface area contributed by atoms with Gasteiger partial charge in [-0.1, -0.05) is 73.6 Å². The molecule has 1 N–H and O–H groups in total. The van der Waals surface area contributed by atoms with Crippen LogP contribution in [-0.2, 0) is 12.3 Å². The van der Waals surface area contributed by atoms with Crippen molar-refractivity contribution in [3.05, 3.63) is 89.2 Å². The van der Waals surface area contributed by atoms with E-state index in [0.29, 0.717) is 12.1 Å². The van der Waals surface area contributed by atoms with E-state index in [9.17, 15) is 4.79 Å². The second-order valence-corrected chi connectivity index (χ2v) is 8.60. The number of halogens is 1. The van der Waals surface area contributed by atoms with Crippen molar-refractivity contribution in [2.75, 3.05) is 0 Å². The van der Waals surface area contributed by atoms with Crippen molar-refractivity contribution >= 4 is 29.3 Å². The molecule has 7 heteroatoms. The molecule has 1 atom stereocenters. The number of allylic oxidation sites excluding steroid dienone is 1. The highest BCUT2D eigenvalue weighted by Gasteiger charge is 2.26. The first-order chi connectivity index (χ1) is 14.5. The molecule has 30 heavy (non-hydrogen) atoms. The summed E-state index contributed by atoms with van der Waals surface area (Å²) in [5, 5.41) is 13.5. The number of hydrogen-bond donors (Lipinski definition) is 1. The SMILES string of the molecule is C=CCn1c(SCc2ccc(Cl)cc2)nnc1[C@@H](NC(=O)c1ccccc1)C(C)C. The Morgan fingerprint density at radius 1 is 1.17 bits per heavy atom. The van der Waals surface area contributed by atoms with Crippen LogP contribution in [0.2, 0.25) is 5.02 Å². The first-order valence-electron chi connectivity index (χ1n) is 9.76. The fraction of sp³-hybridized carbons (Fsp3) is 0.261. The van der Waals surface area contributed by atoms with Gasteiger partial charge in [-0.15, -0.1) is 16.8 Å². The summed E-state index contributed by atoms with van der Waals surface area (Å²) in [6.07, 6.45) is 1.82. The van der Waals surface area contributed by atoms with Crippen LogP contribution >= 0.6 is 23.4 Å². The number of rotatable bonds is 9. The predicted octanol–water partition coefficient (Wildman–Crippen LogP) is 5.54. The molecule has 0 unspecified atom stereocenters. The monoisotopic (exact) mass is 440 g/mol. The molecule has 3 aromatic rings. The van der Waals surface area contributed by atoms with Gasteiger partial charge in [0.1, 0.15) is 0 Å². The van der Waals surface area contributed by atoms with E-state index in [2.05, 4.69) is 35.9 Å². The van der Waals surface area contributed by atoms with Crippen LogP contribution < -0.4 is 5.32 Å². The fourth-order valence-corrected chi connectivity index (χ4v) is 4.05. The Labute approximate surface area is 186 Å². The molecule has 0 bridgehead atoms. The molecule has 0 saturated heterocycles. The first-order valence-corrected chi connectivity index (χ1v) is 11.1. The summed E-state index contributed by atoms with van der Waals surface area (Å²) >= 11 is 7.57. The molecule has 1 heterocycles. The molecule has 0 aliphatic rings. The number of carbonyl (C=O) groups is 1. The van der Waals surface area contributed by atoms with Crippen LogP contribution in [0.3, 0.4) is 0 Å². The summed E-state index contributed by atoms with van der Waals surface area (Å²) in [6, 6.07) is 16.7. The largest absolute Gasteiger partial charge is 0.342 e. The van der Waals surface area contributed by atoms with Crippen molar-refractivity contribution in [1.82, 2.24) is 20.1 Å². The van der Waals surface area contributed by atoms with Crippen LogP contribution in [0, 0.1) is 5.92 Å². The molecule has 0 aliphatic heterocycles. The summed E-state index contributed by atoms with van der Waals surface area (Å²) in [4.78, 5) is 12.7. The Bertz CT molecular complexity index is 986. The minimum absolute atomic E-state index is 0.127. The van der Waals surface area contributed by atoms with Crippen LogP contribution in [0.25, 0.3) is 0 Å². The third-order valence-corrected chi connectivity index (χ3v) is 5.90. The minimum Gasteiger partial charge on any atom is -0.342 e. The van der Waals surface area contributed by atoms with E-state index in [4.69, 9.17) is 11.6 Å². The van der Waals surface area contributed by atoms with Gasteiger partial charge in [0.2, 0.25) is 0 Å². The highest BCUT2D eigenvalue weighted by atomic mass is 35.5. The quantitative estimate of drug-likeness (QED) is 0.350. The summed E-state index contributed by atoms with van der Waals surface area (Å²) in [5.74, 6) is 1.49. The van der Waals surface area contributed by atoms with Crippen molar-refractivity contribution in [1.29, 1.82) is 0 Å². The zero-order valence-electron chi connectivity index (χ0n) is 17.1. The summed E-state index contributed by atoms with van der Waals surface area (Å²) in [7, 11) is 0. The van der Waals surface area contributed by atoms with E-state index in [1.54, 1.807) is 23.9 Å². The lowest BCUT2D eigenvalue weighted by molar-refractivity contribution is 0.0922. The molecule has 5 nitrogen and oxygen atoms in total. The second-order valence-electron chi connectivity index (χ2n) is 7.22. The Kier molecular flexibility index (Phi) is 7.71. The van der Waals surface area contributed by atoms with E-state index >= 15 is 0 Å². The Morgan fingerprint density at radius 3 is 2.50 bits per heavy atom. The normalized spacial score (nSPS) is 12.0. The standard InChI is InChI=1S/C23H25ClN4OS/c1-4-14-28-21(20(16(2)3)25-22(29)18-8-6-5-7-9-18)26-27-23(28)30-15-17-10-12-19(24)13-11-17/h4-13,16,20H,1,14-15H2,2-3H3,(H,25,29)/t20-/m0/s1. The molecule has 0 fully saturated rings. The molecule has 0 aliphatic carbocycles. The Morgan fingerprint density at radius 2 is 1.87 bits per heavy atom. The molecule has 156 valence electrons. The van der Waals surface area contributed by atoms with Crippen molar-refractivity contribution in [3.63, 3.8) is 0 Å². The van der Waals surface area contributed by atoms with Gasteiger partial charge in [-0.3, -0.25) is 4.79 Å². The van der Waals surface area contributed by atoms with Crippen molar-refractivity contribution in [3.8, 4) is 0 Å². The summed E-state index contributed by atoms with van der Waals surface area (Å²) in [5.41, 5.74) is 1.77. The van der Waals surface area contributed by atoms with E-state index in [-0.39, 0.29) is 17.9 Å². The van der Waals surface area contributed by atoms with Gasteiger partial charge in [-0.2, -0.15) is 0 Å². The minimum atomic E-state index is -0.268. The molecular weight excluding hydrogens is 416 g/mol. The molecule has 3 rings (SSSR count). The van der Waals surface area contributed by atoms with E-state index in [1.807, 2.05) is 53.1 Å². The van der Waals surface area contributed by atoms with Gasteiger partial charge in [-0.25, -0.2) is 0 Å². The molecule has 0 radical (unpaired) electrons. The van der Waals surface area contributed by atoms with Gasteiger partial charge >= 0.3 is 0 Å². The van der Waals surface area contributed by atoms with Crippen LogP contribution in [0.15, 0.2) is 72.4 Å². The molecule has 1 amide bonds. The zero-order chi connectivity index (χ0) is 21.5. The molecular formula is C23H25ClN4OS. The van der Waals surface area contributed by atoms with Gasteiger partial charge in [0.15, 0.2) is 11.0 Å². The second kappa shape index (κ2) is 10.5.